The summed E-state index contributed by atoms with van der Waals surface area (Å²) in [6.45, 7) is 3.46. The lowest BCUT2D eigenvalue weighted by Gasteiger charge is -2.31. The standard InChI is InChI=1S/C24H24N4O2.CH2O2/c1-3-15-11-17(29)7-8-18(15)21-12-22-19(13-25-27-22)24(26-21)28-10-9-16-5-4-6-23(30-2)20(16)14-28;2-1-3/h4-8,11-13,29H,3,9-10,14H2,1-2H3,(H,25,27);1H,(H,2,3). The molecular weight excluding hydrogens is 420 g/mol. The number of benzene rings is 2. The molecule has 8 nitrogen and oxygen atoms in total. The average molecular weight is 447 g/mol. The van der Waals surface area contributed by atoms with Crippen LogP contribution in [0.3, 0.4) is 0 Å². The number of rotatable bonds is 4. The molecule has 2 aromatic heterocycles. The van der Waals surface area contributed by atoms with Gasteiger partial charge in [-0.2, -0.15) is 5.10 Å². The van der Waals surface area contributed by atoms with Gasteiger partial charge in [0.15, 0.2) is 0 Å². The Morgan fingerprint density at radius 1 is 1.24 bits per heavy atom. The van der Waals surface area contributed by atoms with Gasteiger partial charge < -0.3 is 19.8 Å². The van der Waals surface area contributed by atoms with Crippen molar-refractivity contribution in [2.24, 2.45) is 0 Å². The van der Waals surface area contributed by atoms with Crippen molar-refractivity contribution in [3.63, 3.8) is 0 Å². The van der Waals surface area contributed by atoms with Crippen molar-refractivity contribution in [1.82, 2.24) is 15.2 Å². The lowest BCUT2D eigenvalue weighted by molar-refractivity contribution is -0.122. The monoisotopic (exact) mass is 446 g/mol. The maximum atomic E-state index is 9.90. The molecular formula is C25H26N4O4. The third-order valence-electron chi connectivity index (χ3n) is 5.91. The number of phenolic OH excluding ortho intramolecular Hbond substituents is 1. The lowest BCUT2D eigenvalue weighted by Crippen LogP contribution is -2.31. The van der Waals surface area contributed by atoms with Crippen molar-refractivity contribution in [1.29, 1.82) is 0 Å². The van der Waals surface area contributed by atoms with E-state index in [0.717, 1.165) is 65.2 Å². The Hall–Kier alpha value is -4.07. The van der Waals surface area contributed by atoms with Gasteiger partial charge in [-0.1, -0.05) is 19.1 Å². The zero-order chi connectivity index (χ0) is 23.4. The first-order valence-corrected chi connectivity index (χ1v) is 10.7. The zero-order valence-electron chi connectivity index (χ0n) is 18.6. The number of aromatic hydroxyl groups is 1. The molecule has 2 aromatic carbocycles. The van der Waals surface area contributed by atoms with Gasteiger partial charge in [0, 0.05) is 24.2 Å². The highest BCUT2D eigenvalue weighted by Gasteiger charge is 2.23. The van der Waals surface area contributed by atoms with Crippen molar-refractivity contribution in [2.75, 3.05) is 18.6 Å². The highest BCUT2D eigenvalue weighted by Crippen LogP contribution is 2.35. The van der Waals surface area contributed by atoms with Crippen LogP contribution < -0.4 is 9.64 Å². The van der Waals surface area contributed by atoms with Crippen LogP contribution in [-0.2, 0) is 24.2 Å². The largest absolute Gasteiger partial charge is 0.508 e. The van der Waals surface area contributed by atoms with E-state index in [-0.39, 0.29) is 12.2 Å². The van der Waals surface area contributed by atoms with E-state index < -0.39 is 0 Å². The number of aromatic nitrogens is 3. The van der Waals surface area contributed by atoms with Gasteiger partial charge >= 0.3 is 0 Å². The van der Waals surface area contributed by atoms with Crippen LogP contribution in [0.25, 0.3) is 22.2 Å². The van der Waals surface area contributed by atoms with Crippen LogP contribution in [0.1, 0.15) is 23.6 Å². The van der Waals surface area contributed by atoms with Crippen LogP contribution in [0.4, 0.5) is 5.82 Å². The maximum Gasteiger partial charge on any atom is 0.290 e. The lowest BCUT2D eigenvalue weighted by atomic mass is 9.98. The second kappa shape index (κ2) is 9.60. The molecule has 0 unspecified atom stereocenters. The van der Waals surface area contributed by atoms with Crippen molar-refractivity contribution in [2.45, 2.75) is 26.3 Å². The molecule has 4 aromatic rings. The summed E-state index contributed by atoms with van der Waals surface area (Å²) in [5.74, 6) is 2.12. The molecule has 0 bridgehead atoms. The number of carboxylic acid groups (broad SMARTS) is 1. The molecule has 0 saturated carbocycles. The molecule has 0 aliphatic carbocycles. The number of nitrogens with zero attached hydrogens (tertiary/aromatic N) is 3. The Morgan fingerprint density at radius 3 is 2.82 bits per heavy atom. The number of nitrogens with one attached hydrogen (secondary N) is 1. The van der Waals surface area contributed by atoms with Crippen LogP contribution in [0.15, 0.2) is 48.7 Å². The van der Waals surface area contributed by atoms with Crippen molar-refractivity contribution < 1.29 is 19.7 Å². The average Bonchev–Trinajstić information content (AvgIpc) is 3.32. The predicted octanol–water partition coefficient (Wildman–Crippen LogP) is 4.17. The van der Waals surface area contributed by atoms with Crippen molar-refractivity contribution in [3.05, 3.63) is 65.4 Å². The Labute approximate surface area is 191 Å². The quantitative estimate of drug-likeness (QED) is 0.404. The van der Waals surface area contributed by atoms with Crippen LogP contribution in [0.5, 0.6) is 11.5 Å². The third kappa shape index (κ3) is 4.32. The molecule has 0 fully saturated rings. The fraction of sp³-hybridized carbons (Fsp3) is 0.240. The number of aryl methyl sites for hydroxylation is 1. The number of hydrogen-bond donors (Lipinski definition) is 3. The number of fused-ring (bicyclic) bond motifs is 2. The molecule has 1 aliphatic heterocycles. The summed E-state index contributed by atoms with van der Waals surface area (Å²) in [5.41, 5.74) is 6.48. The molecule has 0 atom stereocenters. The summed E-state index contributed by atoms with van der Waals surface area (Å²) in [6, 6.07) is 13.8. The number of anilines is 1. The van der Waals surface area contributed by atoms with Gasteiger partial charge in [0.05, 0.1) is 29.9 Å². The van der Waals surface area contributed by atoms with E-state index in [0.29, 0.717) is 0 Å². The molecule has 0 spiro atoms. The summed E-state index contributed by atoms with van der Waals surface area (Å²) < 4.78 is 5.61. The van der Waals surface area contributed by atoms with E-state index in [2.05, 4.69) is 34.2 Å². The zero-order valence-corrected chi connectivity index (χ0v) is 18.6. The van der Waals surface area contributed by atoms with E-state index in [1.54, 1.807) is 13.2 Å². The summed E-state index contributed by atoms with van der Waals surface area (Å²) >= 11 is 0. The smallest absolute Gasteiger partial charge is 0.290 e. The van der Waals surface area contributed by atoms with Crippen LogP contribution in [0.2, 0.25) is 0 Å². The highest BCUT2D eigenvalue weighted by molar-refractivity contribution is 5.92. The van der Waals surface area contributed by atoms with Crippen molar-refractivity contribution in [3.8, 4) is 22.8 Å². The van der Waals surface area contributed by atoms with E-state index in [1.165, 1.54) is 11.1 Å². The SMILES string of the molecule is CCc1cc(O)ccc1-c1cc2[nH]ncc2c(N2CCc3cccc(OC)c3C2)n1.O=CO. The minimum Gasteiger partial charge on any atom is -0.508 e. The molecule has 3 N–H and O–H groups in total. The number of ether oxygens (including phenoxy) is 1. The summed E-state index contributed by atoms with van der Waals surface area (Å²) in [6.07, 6.45) is 3.60. The molecule has 3 heterocycles. The van der Waals surface area contributed by atoms with E-state index in [9.17, 15) is 5.11 Å². The van der Waals surface area contributed by atoms with Gasteiger partial charge in [-0.25, -0.2) is 4.98 Å². The van der Waals surface area contributed by atoms with Crippen molar-refractivity contribution >= 4 is 23.2 Å². The summed E-state index contributed by atoms with van der Waals surface area (Å²) in [7, 11) is 1.72. The predicted molar refractivity (Wildman–Crippen MR) is 127 cm³/mol. The molecule has 33 heavy (non-hydrogen) atoms. The number of carbonyl (C=O) groups is 1. The summed E-state index contributed by atoms with van der Waals surface area (Å²) in [5, 5.41) is 25.2. The first-order valence-electron chi connectivity index (χ1n) is 10.7. The van der Waals surface area contributed by atoms with E-state index in [1.807, 2.05) is 30.5 Å². The fourth-order valence-electron chi connectivity index (χ4n) is 4.35. The number of pyridine rings is 1. The molecule has 0 amide bonds. The summed E-state index contributed by atoms with van der Waals surface area (Å²) in [4.78, 5) is 15.7. The minimum absolute atomic E-state index is 0.250. The number of hydrogen-bond acceptors (Lipinski definition) is 6. The first-order chi connectivity index (χ1) is 16.1. The first kappa shape index (κ1) is 22.1. The van der Waals surface area contributed by atoms with Gasteiger partial charge in [0.1, 0.15) is 17.3 Å². The van der Waals surface area contributed by atoms with Gasteiger partial charge in [-0.05, 0) is 54.3 Å². The molecule has 170 valence electrons. The number of phenols is 1. The van der Waals surface area contributed by atoms with Crippen LogP contribution in [-0.4, -0.2) is 45.5 Å². The van der Waals surface area contributed by atoms with Gasteiger partial charge in [0.25, 0.3) is 6.47 Å². The minimum atomic E-state index is -0.250. The molecule has 5 rings (SSSR count). The molecule has 0 saturated heterocycles. The third-order valence-corrected chi connectivity index (χ3v) is 5.91. The second-order valence-corrected chi connectivity index (χ2v) is 7.73. The molecule has 8 heteroatoms. The number of H-pyrrole nitrogens is 1. The second-order valence-electron chi connectivity index (χ2n) is 7.73. The number of aromatic amines is 1. The topological polar surface area (TPSA) is 112 Å². The Balaban J connectivity index is 0.000000821. The Bertz CT molecular complexity index is 1270. The van der Waals surface area contributed by atoms with Gasteiger partial charge in [-0.3, -0.25) is 9.89 Å². The van der Waals surface area contributed by atoms with Crippen LogP contribution >= 0.6 is 0 Å². The molecule has 1 aliphatic rings. The normalized spacial score (nSPS) is 12.6. The Kier molecular flexibility index (Phi) is 6.44. The van der Waals surface area contributed by atoms with Crippen LogP contribution in [0, 0.1) is 0 Å². The van der Waals surface area contributed by atoms with Gasteiger partial charge in [-0.15, -0.1) is 0 Å². The highest BCUT2D eigenvalue weighted by atomic mass is 16.5. The van der Waals surface area contributed by atoms with E-state index in [4.69, 9.17) is 19.6 Å². The van der Waals surface area contributed by atoms with Gasteiger partial charge in [0.2, 0.25) is 0 Å². The maximum absolute atomic E-state index is 9.90. The molecule has 0 radical (unpaired) electrons. The fourth-order valence-corrected chi connectivity index (χ4v) is 4.35. The number of methoxy groups -OCH3 is 1. The Morgan fingerprint density at radius 2 is 2.06 bits per heavy atom. The van der Waals surface area contributed by atoms with E-state index >= 15 is 0 Å².